The van der Waals surface area contributed by atoms with Crippen molar-refractivity contribution in [1.82, 2.24) is 10.2 Å². The van der Waals surface area contributed by atoms with Crippen LogP contribution in [0.15, 0.2) is 40.1 Å². The molecule has 148 valence electrons. The van der Waals surface area contributed by atoms with Crippen LogP contribution in [0.2, 0.25) is 0 Å². The van der Waals surface area contributed by atoms with Gasteiger partial charge in [0.25, 0.3) is 5.91 Å². The normalized spacial score (nSPS) is 16.8. The Morgan fingerprint density at radius 1 is 1.25 bits per heavy atom. The van der Waals surface area contributed by atoms with Gasteiger partial charge in [0, 0.05) is 22.4 Å². The molecule has 1 fully saturated rings. The smallest absolute Gasteiger partial charge is 0.287 e. The largest absolute Gasteiger partial charge is 0.451 e. The van der Waals surface area contributed by atoms with E-state index in [-0.39, 0.29) is 23.5 Å². The second-order valence-corrected chi connectivity index (χ2v) is 8.37. The lowest BCUT2D eigenvalue weighted by Gasteiger charge is -2.30. The average molecular weight is 401 g/mol. The van der Waals surface area contributed by atoms with E-state index in [9.17, 15) is 9.18 Å². The molecule has 1 saturated heterocycles. The predicted molar refractivity (Wildman–Crippen MR) is 110 cm³/mol. The maximum atomic E-state index is 13.5. The summed E-state index contributed by atoms with van der Waals surface area (Å²) < 4.78 is 19.2. The first-order chi connectivity index (χ1) is 13.6. The third-order valence-corrected chi connectivity index (χ3v) is 6.49. The molecule has 2 aromatic heterocycles. The highest BCUT2D eigenvalue weighted by Crippen LogP contribution is 2.28. The van der Waals surface area contributed by atoms with Crippen LogP contribution in [-0.2, 0) is 0 Å². The number of benzene rings is 1. The Kier molecular flexibility index (Phi) is 5.78. The summed E-state index contributed by atoms with van der Waals surface area (Å²) in [7, 11) is 0. The maximum absolute atomic E-state index is 13.5. The third-order valence-electron chi connectivity index (χ3n) is 5.51. The van der Waals surface area contributed by atoms with E-state index in [1.807, 2.05) is 0 Å². The molecular formula is C22H25FN2O2S. The minimum absolute atomic E-state index is 0.171. The Labute approximate surface area is 168 Å². The van der Waals surface area contributed by atoms with Gasteiger partial charge >= 0.3 is 0 Å². The molecule has 28 heavy (non-hydrogen) atoms. The van der Waals surface area contributed by atoms with E-state index in [1.54, 1.807) is 24.3 Å². The number of thiophene rings is 1. The van der Waals surface area contributed by atoms with Gasteiger partial charge in [-0.3, -0.25) is 9.69 Å². The van der Waals surface area contributed by atoms with Crippen molar-refractivity contribution in [2.75, 3.05) is 19.6 Å². The number of rotatable bonds is 5. The summed E-state index contributed by atoms with van der Waals surface area (Å²) in [6.45, 7) is 4.44. The van der Waals surface area contributed by atoms with Gasteiger partial charge in [-0.2, -0.15) is 0 Å². The van der Waals surface area contributed by atoms with Crippen molar-refractivity contribution in [2.24, 2.45) is 0 Å². The quantitative estimate of drug-likeness (QED) is 0.633. The van der Waals surface area contributed by atoms with Crippen LogP contribution in [0.5, 0.6) is 0 Å². The first-order valence-corrected chi connectivity index (χ1v) is 10.8. The van der Waals surface area contributed by atoms with Crippen LogP contribution in [0.4, 0.5) is 4.39 Å². The highest BCUT2D eigenvalue weighted by molar-refractivity contribution is 7.10. The van der Waals surface area contributed by atoms with Gasteiger partial charge in [-0.25, -0.2) is 4.39 Å². The van der Waals surface area contributed by atoms with Crippen LogP contribution in [0.25, 0.3) is 11.0 Å². The zero-order chi connectivity index (χ0) is 19.5. The molecule has 1 aliphatic heterocycles. The fourth-order valence-electron chi connectivity index (χ4n) is 3.98. The Balaban J connectivity index is 1.52. The van der Waals surface area contributed by atoms with Crippen molar-refractivity contribution >= 4 is 28.2 Å². The summed E-state index contributed by atoms with van der Waals surface area (Å²) in [5, 5.41) is 5.79. The summed E-state index contributed by atoms with van der Waals surface area (Å²) in [6.07, 6.45) is 4.94. The number of hydrogen-bond donors (Lipinski definition) is 1. The topological polar surface area (TPSA) is 45.5 Å². The van der Waals surface area contributed by atoms with Gasteiger partial charge in [-0.15, -0.1) is 11.3 Å². The molecule has 1 aromatic carbocycles. The molecular weight excluding hydrogens is 375 g/mol. The minimum atomic E-state index is -0.331. The highest BCUT2D eigenvalue weighted by atomic mass is 32.1. The molecule has 4 rings (SSSR count). The van der Waals surface area contributed by atoms with E-state index in [0.29, 0.717) is 23.1 Å². The lowest BCUT2D eigenvalue weighted by molar-refractivity contribution is 0.0907. The van der Waals surface area contributed by atoms with Crippen LogP contribution >= 0.6 is 11.3 Å². The van der Waals surface area contributed by atoms with E-state index >= 15 is 0 Å². The summed E-state index contributed by atoms with van der Waals surface area (Å²) in [6, 6.07) is 8.70. The molecule has 3 aromatic rings. The fraction of sp³-hybridized carbons (Fsp3) is 0.409. The fourth-order valence-corrected chi connectivity index (χ4v) is 4.84. The van der Waals surface area contributed by atoms with Crippen LogP contribution in [0.3, 0.4) is 0 Å². The number of furan rings is 1. The molecule has 1 amide bonds. The van der Waals surface area contributed by atoms with Crippen LogP contribution in [-0.4, -0.2) is 30.4 Å². The number of aryl methyl sites for hydroxylation is 1. The van der Waals surface area contributed by atoms with E-state index < -0.39 is 0 Å². The van der Waals surface area contributed by atoms with Crippen LogP contribution in [0, 0.1) is 12.7 Å². The van der Waals surface area contributed by atoms with Gasteiger partial charge < -0.3 is 9.73 Å². The molecule has 1 atom stereocenters. The number of carbonyl (C=O) groups is 1. The number of amides is 1. The number of likely N-dealkylation sites (tertiary alicyclic amines) is 1. The van der Waals surface area contributed by atoms with Crippen molar-refractivity contribution in [3.63, 3.8) is 0 Å². The minimum Gasteiger partial charge on any atom is -0.451 e. The van der Waals surface area contributed by atoms with Crippen molar-refractivity contribution in [1.29, 1.82) is 0 Å². The number of nitrogens with zero attached hydrogens (tertiary/aromatic N) is 1. The summed E-state index contributed by atoms with van der Waals surface area (Å²) in [4.78, 5) is 16.6. The zero-order valence-electron chi connectivity index (χ0n) is 16.0. The highest BCUT2D eigenvalue weighted by Gasteiger charge is 2.25. The monoisotopic (exact) mass is 400 g/mol. The summed E-state index contributed by atoms with van der Waals surface area (Å²) in [5.41, 5.74) is 1.21. The van der Waals surface area contributed by atoms with Crippen molar-refractivity contribution in [2.45, 2.75) is 38.6 Å². The molecule has 4 nitrogen and oxygen atoms in total. The molecule has 0 aliphatic carbocycles. The first-order valence-electron chi connectivity index (χ1n) is 9.88. The van der Waals surface area contributed by atoms with Gasteiger partial charge in [0.1, 0.15) is 11.4 Å². The van der Waals surface area contributed by atoms with E-state index in [2.05, 4.69) is 27.7 Å². The van der Waals surface area contributed by atoms with Crippen molar-refractivity contribution in [3.8, 4) is 0 Å². The third kappa shape index (κ3) is 3.98. The Bertz CT molecular complexity index is 943. The lowest BCUT2D eigenvalue weighted by atomic mass is 10.1. The molecule has 0 saturated carbocycles. The summed E-state index contributed by atoms with van der Waals surface area (Å²) in [5.74, 6) is -0.311. The number of halogens is 1. The Morgan fingerprint density at radius 3 is 2.75 bits per heavy atom. The molecule has 1 N–H and O–H groups in total. The number of nitrogens with one attached hydrogen (secondary N) is 1. The van der Waals surface area contributed by atoms with E-state index in [1.165, 1.54) is 42.7 Å². The number of fused-ring (bicyclic) bond motifs is 1. The zero-order valence-corrected chi connectivity index (χ0v) is 16.9. The van der Waals surface area contributed by atoms with Gasteiger partial charge in [-0.05, 0) is 62.5 Å². The van der Waals surface area contributed by atoms with Crippen LogP contribution < -0.4 is 5.32 Å². The Hall–Kier alpha value is -2.18. The SMILES string of the molecule is Cc1c(C(=O)NC[C@H](c2cccs2)N2CCCCCC2)oc2ccc(F)cc12. The van der Waals surface area contributed by atoms with Crippen LogP contribution in [0.1, 0.15) is 52.7 Å². The van der Waals surface area contributed by atoms with E-state index in [0.717, 1.165) is 13.1 Å². The first kappa shape index (κ1) is 19.2. The van der Waals surface area contributed by atoms with Crippen molar-refractivity contribution < 1.29 is 13.6 Å². The second kappa shape index (κ2) is 8.45. The van der Waals surface area contributed by atoms with Gasteiger partial charge in [0.2, 0.25) is 0 Å². The number of hydrogen-bond acceptors (Lipinski definition) is 4. The molecule has 3 heterocycles. The molecule has 6 heteroatoms. The number of carbonyl (C=O) groups excluding carboxylic acids is 1. The molecule has 0 spiro atoms. The molecule has 0 bridgehead atoms. The molecule has 0 radical (unpaired) electrons. The standard InChI is InChI=1S/C22H25FN2O2S/c1-15-17-13-16(23)8-9-19(17)27-21(15)22(26)24-14-18(20-7-6-12-28-20)25-10-4-2-3-5-11-25/h6-9,12-13,18H,2-5,10-11,14H2,1H3,(H,24,26)/t18-/m1/s1. The second-order valence-electron chi connectivity index (χ2n) is 7.39. The maximum Gasteiger partial charge on any atom is 0.287 e. The van der Waals surface area contributed by atoms with Gasteiger partial charge in [0.15, 0.2) is 5.76 Å². The molecule has 0 unspecified atom stereocenters. The Morgan fingerprint density at radius 2 is 2.04 bits per heavy atom. The van der Waals surface area contributed by atoms with E-state index in [4.69, 9.17) is 4.42 Å². The van der Waals surface area contributed by atoms with Gasteiger partial charge in [-0.1, -0.05) is 18.9 Å². The average Bonchev–Trinajstić information content (AvgIpc) is 3.23. The van der Waals surface area contributed by atoms with Crippen molar-refractivity contribution in [3.05, 3.63) is 57.7 Å². The van der Waals surface area contributed by atoms with Gasteiger partial charge in [0.05, 0.1) is 6.04 Å². The summed E-state index contributed by atoms with van der Waals surface area (Å²) >= 11 is 1.73. The molecule has 1 aliphatic rings. The predicted octanol–water partition coefficient (Wildman–Crippen LogP) is 5.29. The lowest BCUT2D eigenvalue weighted by Crippen LogP contribution is -2.38.